The lowest BCUT2D eigenvalue weighted by molar-refractivity contribution is 0.427. The molecule has 1 N–H and O–H groups in total. The average molecular weight is 228 g/mol. The molecule has 17 heavy (non-hydrogen) atoms. The molecule has 3 aromatic rings. The molecule has 84 valence electrons. The highest BCUT2D eigenvalue weighted by Gasteiger charge is 2.08. The fourth-order valence-electron chi connectivity index (χ4n) is 1.70. The largest absolute Gasteiger partial charge is 0.436 e. The first-order chi connectivity index (χ1) is 8.34. The van der Waals surface area contributed by atoms with Crippen molar-refractivity contribution in [2.45, 2.75) is 0 Å². The molecule has 0 unspecified atom stereocenters. The van der Waals surface area contributed by atoms with Crippen LogP contribution in [0.15, 0.2) is 48.8 Å². The van der Waals surface area contributed by atoms with Crippen molar-refractivity contribution in [2.75, 3.05) is 0 Å². The third-order valence-electron chi connectivity index (χ3n) is 2.49. The van der Waals surface area contributed by atoms with Gasteiger partial charge in [-0.15, -0.1) is 0 Å². The van der Waals surface area contributed by atoms with Gasteiger partial charge in [-0.25, -0.2) is 9.37 Å². The second kappa shape index (κ2) is 3.90. The van der Waals surface area contributed by atoms with Crippen molar-refractivity contribution < 1.29 is 9.13 Å². The number of nitrogens with one attached hydrogen (secondary N) is 1. The van der Waals surface area contributed by atoms with Crippen LogP contribution in [0.3, 0.4) is 0 Å². The molecule has 3 nitrogen and oxygen atoms in total. The van der Waals surface area contributed by atoms with Crippen LogP contribution in [0, 0.1) is 5.82 Å². The summed E-state index contributed by atoms with van der Waals surface area (Å²) in [6.45, 7) is 0. The molecule has 2 aromatic heterocycles. The Bertz CT molecular complexity index is 663. The third-order valence-corrected chi connectivity index (χ3v) is 2.49. The zero-order valence-corrected chi connectivity index (χ0v) is 8.85. The summed E-state index contributed by atoms with van der Waals surface area (Å²) in [5, 5.41) is 0.901. The van der Waals surface area contributed by atoms with E-state index in [0.717, 1.165) is 10.9 Å². The standard InChI is InChI=1S/C13H9FN2O/c14-10-3-2-7-16-13(10)17-12-5-1-4-11-9(12)6-8-15-11/h1-8,15H. The molecule has 0 bridgehead atoms. The van der Waals surface area contributed by atoms with Crippen LogP contribution in [0.2, 0.25) is 0 Å². The Hall–Kier alpha value is -2.36. The minimum atomic E-state index is -0.472. The summed E-state index contributed by atoms with van der Waals surface area (Å²) in [6.07, 6.45) is 3.31. The van der Waals surface area contributed by atoms with E-state index in [2.05, 4.69) is 9.97 Å². The number of halogens is 1. The van der Waals surface area contributed by atoms with E-state index in [1.807, 2.05) is 24.4 Å². The molecule has 0 aliphatic carbocycles. The fraction of sp³-hybridized carbons (Fsp3) is 0. The van der Waals surface area contributed by atoms with Gasteiger partial charge < -0.3 is 9.72 Å². The number of ether oxygens (including phenoxy) is 1. The van der Waals surface area contributed by atoms with Crippen molar-refractivity contribution in [3.63, 3.8) is 0 Å². The first kappa shape index (κ1) is 9.84. The van der Waals surface area contributed by atoms with Gasteiger partial charge in [0.15, 0.2) is 5.82 Å². The molecule has 1 aromatic carbocycles. The first-order valence-electron chi connectivity index (χ1n) is 5.19. The predicted molar refractivity (Wildman–Crippen MR) is 62.6 cm³/mol. The molecule has 3 rings (SSSR count). The zero-order valence-electron chi connectivity index (χ0n) is 8.85. The minimum absolute atomic E-state index is 0.0128. The van der Waals surface area contributed by atoms with E-state index in [1.165, 1.54) is 18.3 Å². The van der Waals surface area contributed by atoms with Gasteiger partial charge in [-0.05, 0) is 30.3 Å². The van der Waals surface area contributed by atoms with Crippen molar-refractivity contribution >= 4 is 10.9 Å². The second-order valence-electron chi connectivity index (χ2n) is 3.59. The normalized spacial score (nSPS) is 10.6. The number of pyridine rings is 1. The number of hydrogen-bond donors (Lipinski definition) is 1. The van der Waals surface area contributed by atoms with E-state index in [1.54, 1.807) is 6.07 Å². The average Bonchev–Trinajstić information content (AvgIpc) is 2.81. The highest BCUT2D eigenvalue weighted by atomic mass is 19.1. The number of nitrogens with zero attached hydrogens (tertiary/aromatic N) is 1. The van der Waals surface area contributed by atoms with E-state index < -0.39 is 5.82 Å². The van der Waals surface area contributed by atoms with Gasteiger partial charge in [0.25, 0.3) is 5.88 Å². The molecule has 0 amide bonds. The summed E-state index contributed by atoms with van der Waals surface area (Å²) in [6, 6.07) is 10.3. The number of benzene rings is 1. The molecule has 4 heteroatoms. The van der Waals surface area contributed by atoms with Crippen LogP contribution < -0.4 is 4.74 Å². The lowest BCUT2D eigenvalue weighted by Crippen LogP contribution is -1.91. The van der Waals surface area contributed by atoms with Crippen molar-refractivity contribution in [1.29, 1.82) is 0 Å². The van der Waals surface area contributed by atoms with Crippen LogP contribution in [0.1, 0.15) is 0 Å². The van der Waals surface area contributed by atoms with Crippen LogP contribution in [0.5, 0.6) is 11.6 Å². The Labute approximate surface area is 96.9 Å². The minimum Gasteiger partial charge on any atom is -0.436 e. The number of H-pyrrole nitrogens is 1. The van der Waals surface area contributed by atoms with Gasteiger partial charge in [0.2, 0.25) is 0 Å². The van der Waals surface area contributed by atoms with E-state index >= 15 is 0 Å². The molecule has 0 aliphatic heterocycles. The maximum absolute atomic E-state index is 13.4. The van der Waals surface area contributed by atoms with Crippen LogP contribution in [0.25, 0.3) is 10.9 Å². The number of aromatic nitrogens is 2. The van der Waals surface area contributed by atoms with Crippen LogP contribution in [-0.2, 0) is 0 Å². The fourth-order valence-corrected chi connectivity index (χ4v) is 1.70. The summed E-state index contributed by atoms with van der Waals surface area (Å²) in [5.41, 5.74) is 0.943. The molecule has 0 radical (unpaired) electrons. The summed E-state index contributed by atoms with van der Waals surface area (Å²) in [4.78, 5) is 6.92. The van der Waals surface area contributed by atoms with Gasteiger partial charge in [0, 0.05) is 23.3 Å². The maximum atomic E-state index is 13.4. The highest BCUT2D eigenvalue weighted by molar-refractivity contribution is 5.85. The molecular weight excluding hydrogens is 219 g/mol. The molecule has 2 heterocycles. The van der Waals surface area contributed by atoms with Crippen molar-refractivity contribution in [1.82, 2.24) is 9.97 Å². The smallest absolute Gasteiger partial charge is 0.255 e. The monoisotopic (exact) mass is 228 g/mol. The Morgan fingerprint density at radius 3 is 2.94 bits per heavy atom. The molecule has 0 fully saturated rings. The van der Waals surface area contributed by atoms with Crippen molar-refractivity contribution in [2.24, 2.45) is 0 Å². The summed E-state index contributed by atoms with van der Waals surface area (Å²) < 4.78 is 18.9. The van der Waals surface area contributed by atoms with Gasteiger partial charge in [0.1, 0.15) is 5.75 Å². The highest BCUT2D eigenvalue weighted by Crippen LogP contribution is 2.29. The van der Waals surface area contributed by atoms with Gasteiger partial charge >= 0.3 is 0 Å². The predicted octanol–water partition coefficient (Wildman–Crippen LogP) is 3.49. The molecule has 0 saturated heterocycles. The van der Waals surface area contributed by atoms with Gasteiger partial charge in [-0.3, -0.25) is 0 Å². The van der Waals surface area contributed by atoms with Gasteiger partial charge in [-0.2, -0.15) is 0 Å². The maximum Gasteiger partial charge on any atom is 0.255 e. The number of rotatable bonds is 2. The number of fused-ring (bicyclic) bond motifs is 1. The van der Waals surface area contributed by atoms with Gasteiger partial charge in [0.05, 0.1) is 0 Å². The third kappa shape index (κ3) is 1.73. The molecule has 0 saturated carbocycles. The lowest BCUT2D eigenvalue weighted by Gasteiger charge is -2.06. The van der Waals surface area contributed by atoms with Crippen molar-refractivity contribution in [3.8, 4) is 11.6 Å². The summed E-state index contributed by atoms with van der Waals surface area (Å²) in [7, 11) is 0. The summed E-state index contributed by atoms with van der Waals surface area (Å²) in [5.74, 6) is 0.0996. The zero-order chi connectivity index (χ0) is 11.7. The molecule has 0 spiro atoms. The Kier molecular flexibility index (Phi) is 2.26. The first-order valence-corrected chi connectivity index (χ1v) is 5.19. The molecule has 0 atom stereocenters. The number of hydrogen-bond acceptors (Lipinski definition) is 2. The Balaban J connectivity index is 2.06. The van der Waals surface area contributed by atoms with Crippen molar-refractivity contribution in [3.05, 3.63) is 54.6 Å². The SMILES string of the molecule is Fc1cccnc1Oc1cccc2[nH]ccc12. The quantitative estimate of drug-likeness (QED) is 0.729. The summed E-state index contributed by atoms with van der Waals surface area (Å²) >= 11 is 0. The Morgan fingerprint density at radius 2 is 2.06 bits per heavy atom. The van der Waals surface area contributed by atoms with Crippen LogP contribution >= 0.6 is 0 Å². The topological polar surface area (TPSA) is 37.9 Å². The van der Waals surface area contributed by atoms with Crippen LogP contribution in [0.4, 0.5) is 4.39 Å². The number of aromatic amines is 1. The van der Waals surface area contributed by atoms with E-state index in [9.17, 15) is 4.39 Å². The molecule has 0 aliphatic rings. The second-order valence-corrected chi connectivity index (χ2v) is 3.59. The van der Waals surface area contributed by atoms with Gasteiger partial charge in [-0.1, -0.05) is 6.07 Å². The van der Waals surface area contributed by atoms with E-state index in [-0.39, 0.29) is 5.88 Å². The Morgan fingerprint density at radius 1 is 1.12 bits per heavy atom. The van der Waals surface area contributed by atoms with Crippen LogP contribution in [-0.4, -0.2) is 9.97 Å². The molecular formula is C13H9FN2O. The van der Waals surface area contributed by atoms with E-state index in [0.29, 0.717) is 5.75 Å². The lowest BCUT2D eigenvalue weighted by atomic mass is 10.2. The van der Waals surface area contributed by atoms with E-state index in [4.69, 9.17) is 4.74 Å².